The second-order valence-corrected chi connectivity index (χ2v) is 11.3. The highest BCUT2D eigenvalue weighted by atomic mass is 35.5. The number of ketones is 1. The molecular weight excluding hydrogens is 503 g/mol. The molecule has 0 bridgehead atoms. The van der Waals surface area contributed by atoms with Gasteiger partial charge in [0, 0.05) is 31.0 Å². The third-order valence-corrected chi connectivity index (χ3v) is 8.87. The molecule has 0 saturated carbocycles. The fourth-order valence-corrected chi connectivity index (χ4v) is 6.32. The molecule has 1 atom stereocenters. The Morgan fingerprint density at radius 3 is 2.41 bits per heavy atom. The predicted octanol–water partition coefficient (Wildman–Crippen LogP) is 6.75. The van der Waals surface area contributed by atoms with Crippen LogP contribution in [0.4, 0.5) is 0 Å². The Kier molecular flexibility index (Phi) is 7.71. The summed E-state index contributed by atoms with van der Waals surface area (Å²) in [5, 5.41) is 0.953. The number of hydrogen-bond donors (Lipinski definition) is 0. The summed E-state index contributed by atoms with van der Waals surface area (Å²) in [5.41, 5.74) is 4.09. The minimum atomic E-state index is -0.312. The SMILES string of the molecule is CN(Cc1ccccc1)C(=O)[C@@H](CCN1CCC2(CC1)CC(=O)c1ccccc12)c1ccc(Cl)c(Cl)c1. The fraction of sp³-hybridized carbons (Fsp3) is 0.355. The van der Waals surface area contributed by atoms with E-state index in [4.69, 9.17) is 23.2 Å². The van der Waals surface area contributed by atoms with Gasteiger partial charge in [-0.1, -0.05) is 83.9 Å². The van der Waals surface area contributed by atoms with Crippen LogP contribution >= 0.6 is 23.2 Å². The molecule has 0 radical (unpaired) electrons. The molecule has 1 saturated heterocycles. The molecule has 1 fully saturated rings. The highest BCUT2D eigenvalue weighted by Crippen LogP contribution is 2.46. The molecule has 0 aromatic heterocycles. The second-order valence-electron chi connectivity index (χ2n) is 10.5. The van der Waals surface area contributed by atoms with Gasteiger partial charge in [-0.05, 0) is 67.7 Å². The number of rotatable bonds is 7. The maximum absolute atomic E-state index is 13.7. The minimum Gasteiger partial charge on any atom is -0.341 e. The summed E-state index contributed by atoms with van der Waals surface area (Å²) < 4.78 is 0. The van der Waals surface area contributed by atoms with Crippen LogP contribution in [-0.2, 0) is 16.8 Å². The van der Waals surface area contributed by atoms with E-state index >= 15 is 0 Å². The van der Waals surface area contributed by atoms with Gasteiger partial charge in [0.25, 0.3) is 0 Å². The van der Waals surface area contributed by atoms with E-state index in [1.165, 1.54) is 5.56 Å². The number of amides is 1. The molecular formula is C31H32Cl2N2O2. The lowest BCUT2D eigenvalue weighted by atomic mass is 9.73. The maximum atomic E-state index is 13.7. The van der Waals surface area contributed by atoms with Gasteiger partial charge in [-0.3, -0.25) is 9.59 Å². The molecule has 4 nitrogen and oxygen atoms in total. The molecule has 3 aromatic carbocycles. The molecule has 0 N–H and O–H groups in total. The number of likely N-dealkylation sites (tertiary alicyclic amines) is 1. The van der Waals surface area contributed by atoms with Crippen molar-refractivity contribution >= 4 is 34.9 Å². The number of halogens is 2. The zero-order valence-electron chi connectivity index (χ0n) is 21.1. The van der Waals surface area contributed by atoms with Crippen molar-refractivity contribution in [1.82, 2.24) is 9.80 Å². The molecule has 1 aliphatic heterocycles. The zero-order chi connectivity index (χ0) is 26.0. The van der Waals surface area contributed by atoms with Crippen LogP contribution in [0.3, 0.4) is 0 Å². The molecule has 3 aromatic rings. The summed E-state index contributed by atoms with van der Waals surface area (Å²) in [5.74, 6) is 0.0370. The van der Waals surface area contributed by atoms with Gasteiger partial charge in [-0.15, -0.1) is 0 Å². The van der Waals surface area contributed by atoms with Gasteiger partial charge in [0.15, 0.2) is 5.78 Å². The van der Waals surface area contributed by atoms with Crippen LogP contribution in [0.15, 0.2) is 72.8 Å². The monoisotopic (exact) mass is 534 g/mol. The van der Waals surface area contributed by atoms with E-state index in [-0.39, 0.29) is 23.0 Å². The Bertz CT molecular complexity index is 1290. The summed E-state index contributed by atoms with van der Waals surface area (Å²) in [6.07, 6.45) is 3.25. The molecule has 1 amide bonds. The Balaban J connectivity index is 1.28. The number of nitrogens with zero attached hydrogens (tertiary/aromatic N) is 2. The van der Waals surface area contributed by atoms with Crippen LogP contribution in [0.1, 0.15) is 58.6 Å². The standard InChI is InChI=1S/C31H32Cl2N2O2/c1-34(21-22-7-3-2-4-8-22)30(37)24(23-11-12-27(32)28(33)19-23)13-16-35-17-14-31(15-18-35)20-29(36)25-9-5-6-10-26(25)31/h2-12,19,24H,13-18,20-21H2,1H3/t24-/m0/s1. The Hall–Kier alpha value is -2.66. The van der Waals surface area contributed by atoms with Crippen LogP contribution in [-0.4, -0.2) is 48.2 Å². The molecule has 1 spiro atoms. The van der Waals surface area contributed by atoms with Crippen LogP contribution in [0.5, 0.6) is 0 Å². The summed E-state index contributed by atoms with van der Waals surface area (Å²) in [4.78, 5) is 30.6. The summed E-state index contributed by atoms with van der Waals surface area (Å²) in [7, 11) is 1.86. The van der Waals surface area contributed by atoms with E-state index in [9.17, 15) is 9.59 Å². The van der Waals surface area contributed by atoms with Crippen molar-refractivity contribution in [3.8, 4) is 0 Å². The van der Waals surface area contributed by atoms with E-state index < -0.39 is 0 Å². The minimum absolute atomic E-state index is 0.0288. The number of hydrogen-bond acceptors (Lipinski definition) is 3. The Morgan fingerprint density at radius 1 is 0.973 bits per heavy atom. The van der Waals surface area contributed by atoms with E-state index in [1.54, 1.807) is 11.0 Å². The van der Waals surface area contributed by atoms with Gasteiger partial charge in [-0.2, -0.15) is 0 Å². The smallest absolute Gasteiger partial charge is 0.230 e. The van der Waals surface area contributed by atoms with Gasteiger partial charge >= 0.3 is 0 Å². The lowest BCUT2D eigenvalue weighted by Gasteiger charge is -2.40. The topological polar surface area (TPSA) is 40.6 Å². The highest BCUT2D eigenvalue weighted by molar-refractivity contribution is 6.42. The second kappa shape index (κ2) is 11.0. The third-order valence-electron chi connectivity index (χ3n) is 8.13. The third kappa shape index (κ3) is 5.47. The van der Waals surface area contributed by atoms with E-state index in [1.807, 2.05) is 67.7 Å². The van der Waals surface area contributed by atoms with Crippen molar-refractivity contribution in [2.24, 2.45) is 0 Å². The molecule has 0 unspecified atom stereocenters. The largest absolute Gasteiger partial charge is 0.341 e. The van der Waals surface area contributed by atoms with Gasteiger partial charge in [0.05, 0.1) is 16.0 Å². The number of carbonyl (C=O) groups is 2. The Labute approximate surface area is 229 Å². The van der Waals surface area contributed by atoms with Gasteiger partial charge in [-0.25, -0.2) is 0 Å². The number of Topliss-reactive ketones (excluding diaryl/α,β-unsaturated/α-hetero) is 1. The fourth-order valence-electron chi connectivity index (χ4n) is 6.01. The summed E-state index contributed by atoms with van der Waals surface area (Å²) >= 11 is 12.5. The summed E-state index contributed by atoms with van der Waals surface area (Å²) in [6.45, 7) is 3.20. The van der Waals surface area contributed by atoms with E-state index in [0.29, 0.717) is 29.4 Å². The number of fused-ring (bicyclic) bond motifs is 2. The number of piperidine rings is 1. The lowest BCUT2D eigenvalue weighted by molar-refractivity contribution is -0.132. The van der Waals surface area contributed by atoms with E-state index in [2.05, 4.69) is 11.0 Å². The lowest BCUT2D eigenvalue weighted by Crippen LogP contribution is -2.43. The molecule has 2 aliphatic rings. The van der Waals surface area contributed by atoms with Crippen molar-refractivity contribution in [1.29, 1.82) is 0 Å². The van der Waals surface area contributed by atoms with Crippen LogP contribution in [0.25, 0.3) is 0 Å². The normalized spacial score (nSPS) is 17.5. The molecule has 1 aliphatic carbocycles. The summed E-state index contributed by atoms with van der Waals surface area (Å²) in [6, 6.07) is 23.7. The van der Waals surface area contributed by atoms with Crippen molar-refractivity contribution in [3.63, 3.8) is 0 Å². The maximum Gasteiger partial charge on any atom is 0.230 e. The average Bonchev–Trinajstić information content (AvgIpc) is 3.18. The first-order chi connectivity index (χ1) is 17.9. The average molecular weight is 536 g/mol. The van der Waals surface area contributed by atoms with Crippen LogP contribution < -0.4 is 0 Å². The number of likely N-dealkylation sites (N-methyl/N-ethyl adjacent to an activating group) is 1. The number of carbonyl (C=O) groups excluding carboxylic acids is 2. The van der Waals surface area contributed by atoms with E-state index in [0.717, 1.165) is 49.2 Å². The van der Waals surface area contributed by atoms with Gasteiger partial charge in [0.2, 0.25) is 5.91 Å². The first-order valence-electron chi connectivity index (χ1n) is 13.0. The van der Waals surface area contributed by atoms with Crippen LogP contribution in [0, 0.1) is 0 Å². The molecule has 192 valence electrons. The molecule has 1 heterocycles. The molecule has 5 rings (SSSR count). The van der Waals surface area contributed by atoms with Crippen LogP contribution in [0.2, 0.25) is 10.0 Å². The quantitative estimate of drug-likeness (QED) is 0.336. The molecule has 37 heavy (non-hydrogen) atoms. The Morgan fingerprint density at radius 2 is 1.68 bits per heavy atom. The van der Waals surface area contributed by atoms with Gasteiger partial charge < -0.3 is 9.80 Å². The van der Waals surface area contributed by atoms with Gasteiger partial charge in [0.1, 0.15) is 0 Å². The van der Waals surface area contributed by atoms with Crippen molar-refractivity contribution in [3.05, 3.63) is 105 Å². The van der Waals surface area contributed by atoms with Crippen molar-refractivity contribution in [2.45, 2.75) is 43.6 Å². The van der Waals surface area contributed by atoms with Crippen molar-refractivity contribution < 1.29 is 9.59 Å². The molecule has 6 heteroatoms. The zero-order valence-corrected chi connectivity index (χ0v) is 22.6. The highest BCUT2D eigenvalue weighted by Gasteiger charge is 2.44. The van der Waals surface area contributed by atoms with Crippen molar-refractivity contribution in [2.75, 3.05) is 26.7 Å². The predicted molar refractivity (Wildman–Crippen MR) is 149 cm³/mol. The first kappa shape index (κ1) is 26.0. The number of benzene rings is 3. The first-order valence-corrected chi connectivity index (χ1v) is 13.7.